The number of hydrogen-bond donors (Lipinski definition) is 2. The quantitative estimate of drug-likeness (QED) is 0.587. The molecule has 4 amide bonds. The van der Waals surface area contributed by atoms with E-state index in [0.29, 0.717) is 22.6 Å². The lowest BCUT2D eigenvalue weighted by atomic mass is 9.91. The fourth-order valence-corrected chi connectivity index (χ4v) is 4.61. The first-order valence-electron chi connectivity index (χ1n) is 10.3. The van der Waals surface area contributed by atoms with Crippen molar-refractivity contribution in [2.75, 3.05) is 32.7 Å². The number of benzene rings is 2. The normalized spacial score (nSPS) is 19.5. The van der Waals surface area contributed by atoms with Crippen molar-refractivity contribution in [1.29, 1.82) is 0 Å². The van der Waals surface area contributed by atoms with Crippen LogP contribution in [-0.2, 0) is 25.2 Å². The van der Waals surface area contributed by atoms with E-state index < -0.39 is 40.0 Å². The minimum absolute atomic E-state index is 0.00350. The SMILES string of the molecule is Cc1ccc(S(=O)(=O)N(C)C)cc1NC(=O)CN1C(=O)NC(C)(c2ccc3c(c2)OCO3)C1=O. The van der Waals surface area contributed by atoms with Crippen LogP contribution in [0.2, 0.25) is 0 Å². The van der Waals surface area contributed by atoms with Gasteiger partial charge >= 0.3 is 6.03 Å². The molecule has 2 N–H and O–H groups in total. The molecule has 2 heterocycles. The highest BCUT2D eigenvalue weighted by Gasteiger charge is 2.50. The Hall–Kier alpha value is -3.64. The summed E-state index contributed by atoms with van der Waals surface area (Å²) in [4.78, 5) is 39.3. The number of fused-ring (bicyclic) bond motifs is 1. The lowest BCUT2D eigenvalue weighted by Gasteiger charge is -2.22. The van der Waals surface area contributed by atoms with E-state index in [1.54, 1.807) is 38.1 Å². The number of anilines is 1. The average molecular weight is 489 g/mol. The van der Waals surface area contributed by atoms with Gasteiger partial charge in [-0.3, -0.25) is 14.5 Å². The Labute approximate surface area is 196 Å². The molecular formula is C22H24N4O7S. The molecular weight excluding hydrogens is 464 g/mol. The number of rotatable bonds is 6. The Morgan fingerprint density at radius 1 is 1.15 bits per heavy atom. The van der Waals surface area contributed by atoms with Gasteiger partial charge in [-0.1, -0.05) is 12.1 Å². The Bertz CT molecular complexity index is 1310. The van der Waals surface area contributed by atoms with E-state index in [1.165, 1.54) is 26.2 Å². The molecule has 2 aromatic rings. The first kappa shape index (κ1) is 23.5. The van der Waals surface area contributed by atoms with E-state index >= 15 is 0 Å². The van der Waals surface area contributed by atoms with E-state index in [0.717, 1.165) is 9.21 Å². The third-order valence-corrected chi connectivity index (χ3v) is 7.60. The van der Waals surface area contributed by atoms with Crippen LogP contribution in [0.5, 0.6) is 11.5 Å². The number of urea groups is 1. The number of aryl methyl sites for hydroxylation is 1. The van der Waals surface area contributed by atoms with Crippen molar-refractivity contribution in [2.24, 2.45) is 0 Å². The van der Waals surface area contributed by atoms with E-state index in [-0.39, 0.29) is 17.4 Å². The fourth-order valence-electron chi connectivity index (χ4n) is 3.68. The number of nitrogens with zero attached hydrogens (tertiary/aromatic N) is 2. The van der Waals surface area contributed by atoms with Gasteiger partial charge in [0.1, 0.15) is 12.1 Å². The first-order valence-corrected chi connectivity index (χ1v) is 11.7. The molecule has 180 valence electrons. The monoisotopic (exact) mass is 488 g/mol. The lowest BCUT2D eigenvalue weighted by Crippen LogP contribution is -2.42. The average Bonchev–Trinajstić information content (AvgIpc) is 3.33. The minimum Gasteiger partial charge on any atom is -0.454 e. The molecule has 2 aliphatic heterocycles. The van der Waals surface area contributed by atoms with Gasteiger partial charge in [0.25, 0.3) is 5.91 Å². The van der Waals surface area contributed by atoms with Gasteiger partial charge in [-0.15, -0.1) is 0 Å². The van der Waals surface area contributed by atoms with Crippen molar-refractivity contribution in [1.82, 2.24) is 14.5 Å². The summed E-state index contributed by atoms with van der Waals surface area (Å²) in [5.41, 5.74) is -0.0315. The van der Waals surface area contributed by atoms with E-state index in [4.69, 9.17) is 9.47 Å². The number of amides is 4. The van der Waals surface area contributed by atoms with E-state index in [2.05, 4.69) is 10.6 Å². The summed E-state index contributed by atoms with van der Waals surface area (Å²) in [6, 6.07) is 8.53. The summed E-state index contributed by atoms with van der Waals surface area (Å²) in [5.74, 6) is -0.262. The molecule has 4 rings (SSSR count). The molecule has 0 bridgehead atoms. The molecule has 2 aromatic carbocycles. The van der Waals surface area contributed by atoms with Crippen molar-refractivity contribution in [2.45, 2.75) is 24.3 Å². The van der Waals surface area contributed by atoms with Crippen molar-refractivity contribution in [3.8, 4) is 11.5 Å². The molecule has 0 saturated carbocycles. The van der Waals surface area contributed by atoms with Crippen molar-refractivity contribution in [3.05, 3.63) is 47.5 Å². The molecule has 1 fully saturated rings. The number of imide groups is 1. The number of nitrogens with one attached hydrogen (secondary N) is 2. The van der Waals surface area contributed by atoms with Gasteiger partial charge in [-0.2, -0.15) is 0 Å². The minimum atomic E-state index is -3.71. The maximum absolute atomic E-state index is 13.2. The summed E-state index contributed by atoms with van der Waals surface area (Å²) in [5, 5.41) is 5.23. The highest BCUT2D eigenvalue weighted by Crippen LogP contribution is 2.37. The van der Waals surface area contributed by atoms with Crippen LogP contribution < -0.4 is 20.1 Å². The Kier molecular flexibility index (Phi) is 5.74. The van der Waals surface area contributed by atoms with Gasteiger partial charge in [0.2, 0.25) is 22.7 Å². The molecule has 1 atom stereocenters. The molecule has 12 heteroatoms. The molecule has 34 heavy (non-hydrogen) atoms. The molecule has 0 spiro atoms. The van der Waals surface area contributed by atoms with Crippen LogP contribution in [0.3, 0.4) is 0 Å². The molecule has 1 unspecified atom stereocenters. The summed E-state index contributed by atoms with van der Waals surface area (Å²) in [6.07, 6.45) is 0. The van der Waals surface area contributed by atoms with Gasteiger partial charge in [-0.25, -0.2) is 17.5 Å². The van der Waals surface area contributed by atoms with Crippen LogP contribution in [0.15, 0.2) is 41.3 Å². The summed E-state index contributed by atoms with van der Waals surface area (Å²) in [7, 11) is -0.898. The summed E-state index contributed by atoms with van der Waals surface area (Å²) >= 11 is 0. The molecule has 2 aliphatic rings. The number of carbonyl (C=O) groups excluding carboxylic acids is 3. The van der Waals surface area contributed by atoms with Crippen LogP contribution in [0.4, 0.5) is 10.5 Å². The molecule has 0 aromatic heterocycles. The van der Waals surface area contributed by atoms with Crippen molar-refractivity contribution in [3.63, 3.8) is 0 Å². The van der Waals surface area contributed by atoms with Gasteiger partial charge in [0, 0.05) is 19.8 Å². The predicted octanol–water partition coefficient (Wildman–Crippen LogP) is 1.38. The fraction of sp³-hybridized carbons (Fsp3) is 0.318. The standard InChI is InChI=1S/C22H24N4O7S/c1-13-5-7-15(34(30,31)25(3)4)10-16(13)23-19(27)11-26-20(28)22(2,24-21(26)29)14-6-8-17-18(9-14)33-12-32-17/h5-10H,11-12H2,1-4H3,(H,23,27)(H,24,29). The van der Waals surface area contributed by atoms with Crippen LogP contribution in [-0.4, -0.2) is 62.9 Å². The van der Waals surface area contributed by atoms with E-state index in [9.17, 15) is 22.8 Å². The largest absolute Gasteiger partial charge is 0.454 e. The maximum Gasteiger partial charge on any atom is 0.325 e. The molecule has 0 radical (unpaired) electrons. The third kappa shape index (κ3) is 3.94. The number of sulfonamides is 1. The smallest absolute Gasteiger partial charge is 0.325 e. The molecule has 0 aliphatic carbocycles. The zero-order chi connectivity index (χ0) is 24.8. The molecule has 1 saturated heterocycles. The van der Waals surface area contributed by atoms with Gasteiger partial charge in [0.05, 0.1) is 4.90 Å². The zero-order valence-electron chi connectivity index (χ0n) is 19.0. The second-order valence-electron chi connectivity index (χ2n) is 8.33. The highest BCUT2D eigenvalue weighted by atomic mass is 32.2. The van der Waals surface area contributed by atoms with Gasteiger partial charge in [-0.05, 0) is 49.2 Å². The predicted molar refractivity (Wildman–Crippen MR) is 121 cm³/mol. The second-order valence-corrected chi connectivity index (χ2v) is 10.5. The van der Waals surface area contributed by atoms with Crippen LogP contribution in [0.25, 0.3) is 0 Å². The maximum atomic E-state index is 13.2. The number of ether oxygens (including phenoxy) is 2. The number of carbonyl (C=O) groups is 3. The molecule has 11 nitrogen and oxygen atoms in total. The zero-order valence-corrected chi connectivity index (χ0v) is 19.9. The van der Waals surface area contributed by atoms with Crippen LogP contribution in [0, 0.1) is 6.92 Å². The van der Waals surface area contributed by atoms with Crippen molar-refractivity contribution < 1.29 is 32.3 Å². The Morgan fingerprint density at radius 2 is 1.85 bits per heavy atom. The topological polar surface area (TPSA) is 134 Å². The number of hydrogen-bond acceptors (Lipinski definition) is 7. The van der Waals surface area contributed by atoms with Crippen molar-refractivity contribution >= 4 is 33.6 Å². The van der Waals surface area contributed by atoms with Gasteiger partial charge in [0.15, 0.2) is 11.5 Å². The Balaban J connectivity index is 1.52. The van der Waals surface area contributed by atoms with Crippen LogP contribution >= 0.6 is 0 Å². The van der Waals surface area contributed by atoms with Gasteiger partial charge < -0.3 is 20.1 Å². The van der Waals surface area contributed by atoms with Crippen LogP contribution in [0.1, 0.15) is 18.1 Å². The third-order valence-electron chi connectivity index (χ3n) is 5.79. The first-order chi connectivity index (χ1) is 15.9. The summed E-state index contributed by atoms with van der Waals surface area (Å²) in [6.45, 7) is 2.77. The summed E-state index contributed by atoms with van der Waals surface area (Å²) < 4.78 is 36.5. The lowest BCUT2D eigenvalue weighted by molar-refractivity contribution is -0.133. The Morgan fingerprint density at radius 3 is 2.56 bits per heavy atom. The highest BCUT2D eigenvalue weighted by molar-refractivity contribution is 7.89. The second kappa shape index (κ2) is 8.29. The van der Waals surface area contributed by atoms with E-state index in [1.807, 2.05) is 0 Å².